The van der Waals surface area contributed by atoms with Crippen molar-refractivity contribution >= 4 is 11.4 Å². The third-order valence-electron chi connectivity index (χ3n) is 3.12. The summed E-state index contributed by atoms with van der Waals surface area (Å²) in [7, 11) is 1.54. The lowest BCUT2D eigenvalue weighted by Crippen LogP contribution is -2.08. The van der Waals surface area contributed by atoms with E-state index in [1.807, 2.05) is 0 Å². The maximum Gasteiger partial charge on any atom is 0.271 e. The Balaban J connectivity index is 2.16. The van der Waals surface area contributed by atoms with Crippen LogP contribution in [-0.4, -0.2) is 21.6 Å². The van der Waals surface area contributed by atoms with Crippen LogP contribution < -0.4 is 10.1 Å². The standard InChI is InChI=1S/C14H18N4O3/c1-3-6-17-10-15-8-12(17)9-16-13-7-11(18(19)20)4-5-14(13)21-2/h4-5,7-8,10,16H,3,6,9H2,1-2H3. The second kappa shape index (κ2) is 6.74. The van der Waals surface area contributed by atoms with Gasteiger partial charge in [-0.25, -0.2) is 4.98 Å². The van der Waals surface area contributed by atoms with Crippen molar-refractivity contribution in [3.8, 4) is 5.75 Å². The molecule has 21 heavy (non-hydrogen) atoms. The highest BCUT2D eigenvalue weighted by Crippen LogP contribution is 2.29. The van der Waals surface area contributed by atoms with Crippen molar-refractivity contribution in [3.05, 3.63) is 46.5 Å². The monoisotopic (exact) mass is 290 g/mol. The van der Waals surface area contributed by atoms with Crippen molar-refractivity contribution in [2.24, 2.45) is 0 Å². The molecule has 1 aromatic carbocycles. The predicted octanol–water partition coefficient (Wildman–Crippen LogP) is 2.82. The van der Waals surface area contributed by atoms with Crippen LogP contribution in [0, 0.1) is 10.1 Å². The number of hydrogen-bond acceptors (Lipinski definition) is 5. The molecule has 0 saturated heterocycles. The van der Waals surface area contributed by atoms with Gasteiger partial charge in [0.05, 0.1) is 36.3 Å². The van der Waals surface area contributed by atoms with Crippen molar-refractivity contribution < 1.29 is 9.66 Å². The largest absolute Gasteiger partial charge is 0.495 e. The zero-order chi connectivity index (χ0) is 15.2. The van der Waals surface area contributed by atoms with Crippen LogP contribution in [0.2, 0.25) is 0 Å². The van der Waals surface area contributed by atoms with Crippen molar-refractivity contribution in [1.82, 2.24) is 9.55 Å². The van der Waals surface area contributed by atoms with E-state index >= 15 is 0 Å². The SMILES string of the molecule is CCCn1cncc1CNc1cc([N+](=O)[O-])ccc1OC. The number of benzene rings is 1. The summed E-state index contributed by atoms with van der Waals surface area (Å²) in [6.45, 7) is 3.52. The van der Waals surface area contributed by atoms with E-state index in [0.717, 1.165) is 18.7 Å². The number of nitrogens with one attached hydrogen (secondary N) is 1. The molecular weight excluding hydrogens is 272 g/mol. The van der Waals surface area contributed by atoms with Gasteiger partial charge in [0.25, 0.3) is 5.69 Å². The van der Waals surface area contributed by atoms with Gasteiger partial charge in [-0.2, -0.15) is 0 Å². The summed E-state index contributed by atoms with van der Waals surface area (Å²) in [6, 6.07) is 4.48. The number of methoxy groups -OCH3 is 1. The number of rotatable bonds is 7. The number of non-ortho nitro benzene ring substituents is 1. The highest BCUT2D eigenvalue weighted by Gasteiger charge is 2.11. The topological polar surface area (TPSA) is 82.2 Å². The van der Waals surface area contributed by atoms with Gasteiger partial charge in [0.1, 0.15) is 5.75 Å². The summed E-state index contributed by atoms with van der Waals surface area (Å²) in [5.74, 6) is 0.571. The Kier molecular flexibility index (Phi) is 4.76. The Morgan fingerprint density at radius 1 is 1.48 bits per heavy atom. The fourth-order valence-corrected chi connectivity index (χ4v) is 2.07. The molecule has 1 aromatic heterocycles. The first-order valence-electron chi connectivity index (χ1n) is 6.71. The number of nitro benzene ring substituents is 1. The third-order valence-corrected chi connectivity index (χ3v) is 3.12. The van der Waals surface area contributed by atoms with Gasteiger partial charge in [-0.05, 0) is 12.5 Å². The number of anilines is 1. The summed E-state index contributed by atoms with van der Waals surface area (Å²) in [6.07, 6.45) is 4.58. The van der Waals surface area contributed by atoms with Crippen molar-refractivity contribution in [2.45, 2.75) is 26.4 Å². The maximum atomic E-state index is 10.8. The molecule has 2 rings (SSSR count). The van der Waals surface area contributed by atoms with E-state index in [0.29, 0.717) is 18.0 Å². The van der Waals surface area contributed by atoms with E-state index in [1.165, 1.54) is 19.2 Å². The minimum atomic E-state index is -0.425. The minimum Gasteiger partial charge on any atom is -0.495 e. The predicted molar refractivity (Wildman–Crippen MR) is 79.5 cm³/mol. The first-order valence-corrected chi connectivity index (χ1v) is 6.71. The molecule has 7 heteroatoms. The molecule has 0 aliphatic carbocycles. The molecule has 0 aliphatic rings. The normalized spacial score (nSPS) is 10.4. The molecule has 0 aliphatic heterocycles. The van der Waals surface area contributed by atoms with Crippen LogP contribution in [-0.2, 0) is 13.1 Å². The van der Waals surface area contributed by atoms with Gasteiger partial charge >= 0.3 is 0 Å². The number of nitro groups is 1. The van der Waals surface area contributed by atoms with E-state index < -0.39 is 4.92 Å². The highest BCUT2D eigenvalue weighted by atomic mass is 16.6. The summed E-state index contributed by atoms with van der Waals surface area (Å²) < 4.78 is 7.27. The highest BCUT2D eigenvalue weighted by molar-refractivity contribution is 5.61. The molecule has 0 saturated carbocycles. The van der Waals surface area contributed by atoms with Gasteiger partial charge in [0.2, 0.25) is 0 Å². The van der Waals surface area contributed by atoms with Crippen molar-refractivity contribution in [2.75, 3.05) is 12.4 Å². The Bertz CT molecular complexity index is 624. The molecule has 112 valence electrons. The fourth-order valence-electron chi connectivity index (χ4n) is 2.07. The minimum absolute atomic E-state index is 0.0281. The van der Waals surface area contributed by atoms with Gasteiger partial charge in [0, 0.05) is 24.9 Å². The Labute approximate surface area is 122 Å². The van der Waals surface area contributed by atoms with E-state index in [4.69, 9.17) is 4.74 Å². The van der Waals surface area contributed by atoms with E-state index in [-0.39, 0.29) is 5.69 Å². The summed E-state index contributed by atoms with van der Waals surface area (Å²) >= 11 is 0. The Hall–Kier alpha value is -2.57. The smallest absolute Gasteiger partial charge is 0.271 e. The van der Waals surface area contributed by atoms with Gasteiger partial charge in [0.15, 0.2) is 0 Å². The van der Waals surface area contributed by atoms with Gasteiger partial charge in [-0.1, -0.05) is 6.92 Å². The van der Waals surface area contributed by atoms with E-state index in [2.05, 4.69) is 21.8 Å². The second-order valence-corrected chi connectivity index (χ2v) is 4.57. The zero-order valence-electron chi connectivity index (χ0n) is 12.1. The van der Waals surface area contributed by atoms with Crippen LogP contribution in [0.15, 0.2) is 30.7 Å². The lowest BCUT2D eigenvalue weighted by molar-refractivity contribution is -0.384. The number of hydrogen-bond donors (Lipinski definition) is 1. The molecule has 0 fully saturated rings. The number of nitrogens with zero attached hydrogens (tertiary/aromatic N) is 3. The van der Waals surface area contributed by atoms with Gasteiger partial charge < -0.3 is 14.6 Å². The van der Waals surface area contributed by atoms with Crippen molar-refractivity contribution in [3.63, 3.8) is 0 Å². The molecule has 0 spiro atoms. The van der Waals surface area contributed by atoms with Crippen LogP contribution in [0.25, 0.3) is 0 Å². The first-order chi connectivity index (χ1) is 10.2. The molecule has 0 amide bonds. The number of imidazole rings is 1. The fraction of sp³-hybridized carbons (Fsp3) is 0.357. The second-order valence-electron chi connectivity index (χ2n) is 4.57. The van der Waals surface area contributed by atoms with Crippen LogP contribution in [0.5, 0.6) is 5.75 Å². The molecule has 1 N–H and O–H groups in total. The van der Waals surface area contributed by atoms with Crippen molar-refractivity contribution in [1.29, 1.82) is 0 Å². The lowest BCUT2D eigenvalue weighted by Gasteiger charge is -2.12. The van der Waals surface area contributed by atoms with Crippen LogP contribution >= 0.6 is 0 Å². The van der Waals surface area contributed by atoms with Crippen LogP contribution in [0.4, 0.5) is 11.4 Å². The van der Waals surface area contributed by atoms with Gasteiger partial charge in [-0.15, -0.1) is 0 Å². The first kappa shape index (κ1) is 14.8. The molecule has 0 unspecified atom stereocenters. The quantitative estimate of drug-likeness (QED) is 0.626. The number of ether oxygens (including phenoxy) is 1. The Morgan fingerprint density at radius 2 is 2.29 bits per heavy atom. The molecule has 7 nitrogen and oxygen atoms in total. The average Bonchev–Trinajstić information content (AvgIpc) is 2.92. The van der Waals surface area contributed by atoms with Crippen LogP contribution in [0.3, 0.4) is 0 Å². The summed E-state index contributed by atoms with van der Waals surface area (Å²) in [5, 5.41) is 14.0. The number of aryl methyl sites for hydroxylation is 1. The molecule has 1 heterocycles. The third kappa shape index (κ3) is 3.50. The summed E-state index contributed by atoms with van der Waals surface area (Å²) in [4.78, 5) is 14.5. The maximum absolute atomic E-state index is 10.8. The number of aromatic nitrogens is 2. The van der Waals surface area contributed by atoms with E-state index in [1.54, 1.807) is 18.6 Å². The molecular formula is C14H18N4O3. The molecule has 2 aromatic rings. The summed E-state index contributed by atoms with van der Waals surface area (Å²) in [5.41, 5.74) is 1.64. The lowest BCUT2D eigenvalue weighted by atomic mass is 10.2. The van der Waals surface area contributed by atoms with Gasteiger partial charge in [-0.3, -0.25) is 10.1 Å². The molecule has 0 atom stereocenters. The van der Waals surface area contributed by atoms with E-state index in [9.17, 15) is 10.1 Å². The average molecular weight is 290 g/mol. The Morgan fingerprint density at radius 3 is 2.95 bits per heavy atom. The molecule has 0 radical (unpaired) electrons. The molecule has 0 bridgehead atoms. The van der Waals surface area contributed by atoms with Crippen LogP contribution in [0.1, 0.15) is 19.0 Å². The zero-order valence-corrected chi connectivity index (χ0v) is 12.1.